The van der Waals surface area contributed by atoms with E-state index in [0.29, 0.717) is 32.2 Å². The molecule has 4 rings (SSSR count). The molecule has 0 aromatic heterocycles. The zero-order valence-electron chi connectivity index (χ0n) is 24.3. The van der Waals surface area contributed by atoms with Gasteiger partial charge in [0.1, 0.15) is 17.6 Å². The van der Waals surface area contributed by atoms with Gasteiger partial charge in [0.2, 0.25) is 11.8 Å². The summed E-state index contributed by atoms with van der Waals surface area (Å²) in [6.45, 7) is 15.5. The molecule has 2 bridgehead atoms. The number of hydrogen-bond donors (Lipinski definition) is 1. The fraction of sp³-hybridized carbons (Fsp3) is 0.594. The minimum absolute atomic E-state index is 0.0915. The van der Waals surface area contributed by atoms with Crippen LogP contribution < -0.4 is 0 Å². The smallest absolute Gasteiger partial charge is 0.312 e. The number of amides is 2. The van der Waals surface area contributed by atoms with Gasteiger partial charge in [0, 0.05) is 12.6 Å². The maximum Gasteiger partial charge on any atom is 0.312 e. The molecule has 7 atom stereocenters. The van der Waals surface area contributed by atoms with Crippen LogP contribution in [0.4, 0.5) is 0 Å². The topological polar surface area (TPSA) is 96.4 Å². The predicted octanol–water partition coefficient (Wildman–Crippen LogP) is 3.53. The second kappa shape index (κ2) is 11.9. The molecule has 3 heterocycles. The van der Waals surface area contributed by atoms with E-state index in [1.54, 1.807) is 17.1 Å². The maximum absolute atomic E-state index is 14.5. The number of esters is 1. The number of aliphatic hydroxyl groups excluding tert-OH is 1. The fourth-order valence-electron chi connectivity index (χ4n) is 7.19. The summed E-state index contributed by atoms with van der Waals surface area (Å²) in [5.41, 5.74) is -1.22. The highest BCUT2D eigenvalue weighted by Crippen LogP contribution is 2.65. The van der Waals surface area contributed by atoms with Crippen LogP contribution in [0.1, 0.15) is 52.5 Å². The Morgan fingerprint density at radius 2 is 1.95 bits per heavy atom. The van der Waals surface area contributed by atoms with E-state index in [1.807, 2.05) is 58.0 Å². The summed E-state index contributed by atoms with van der Waals surface area (Å²) in [6, 6.07) is 7.77. The van der Waals surface area contributed by atoms with Crippen LogP contribution in [0.25, 0.3) is 0 Å². The number of nitrogens with zero attached hydrogens (tertiary/aromatic N) is 2. The third-order valence-corrected chi connectivity index (χ3v) is 9.19. The van der Waals surface area contributed by atoms with E-state index < -0.39 is 41.1 Å². The number of rotatable bonds is 13. The van der Waals surface area contributed by atoms with Crippen LogP contribution in [0.3, 0.4) is 0 Å². The predicted molar refractivity (Wildman–Crippen MR) is 152 cm³/mol. The monoisotopic (exact) mass is 552 g/mol. The number of allylic oxidation sites excluding steroid dienone is 1. The molecular formula is C32H44N2O6. The number of unbranched alkanes of at least 4 members (excludes halogenated alkanes) is 1. The van der Waals surface area contributed by atoms with Crippen LogP contribution in [0.15, 0.2) is 55.6 Å². The first-order valence-corrected chi connectivity index (χ1v) is 14.4. The lowest BCUT2D eigenvalue weighted by molar-refractivity contribution is -0.164. The normalized spacial score (nSPS) is 31.2. The second-order valence-electron chi connectivity index (χ2n) is 11.9. The highest BCUT2D eigenvalue weighted by molar-refractivity contribution is 5.99. The van der Waals surface area contributed by atoms with Crippen molar-refractivity contribution in [2.75, 3.05) is 19.8 Å². The lowest BCUT2D eigenvalue weighted by Crippen LogP contribution is -2.60. The summed E-state index contributed by atoms with van der Waals surface area (Å²) in [5.74, 6) is -2.88. The van der Waals surface area contributed by atoms with E-state index in [0.717, 1.165) is 5.56 Å². The lowest BCUT2D eigenvalue weighted by Gasteiger charge is -2.40. The molecule has 2 amide bonds. The van der Waals surface area contributed by atoms with Crippen LogP contribution >= 0.6 is 0 Å². The molecule has 1 aromatic carbocycles. The Morgan fingerprint density at radius 3 is 2.55 bits per heavy atom. The zero-order chi connectivity index (χ0) is 29.2. The van der Waals surface area contributed by atoms with E-state index in [2.05, 4.69) is 13.2 Å². The molecule has 3 unspecified atom stereocenters. The van der Waals surface area contributed by atoms with Gasteiger partial charge >= 0.3 is 5.97 Å². The van der Waals surface area contributed by atoms with Gasteiger partial charge in [-0.2, -0.15) is 0 Å². The molecule has 3 aliphatic heterocycles. The summed E-state index contributed by atoms with van der Waals surface area (Å²) in [7, 11) is 0. The van der Waals surface area contributed by atoms with Crippen molar-refractivity contribution in [1.29, 1.82) is 0 Å². The van der Waals surface area contributed by atoms with Crippen LogP contribution in [0, 0.1) is 17.8 Å². The van der Waals surface area contributed by atoms with Crippen molar-refractivity contribution >= 4 is 17.8 Å². The standard InChI is InChI=1S/C32H44N2O6/c1-7-9-13-17-39-30(38)26-25-28(36)34(24(20-35)18-23-14-11-10-12-15-23)27(29(37)33(16-8-2)21(3)4)32(25)19-22(5)31(26,6)40-32/h7-8,10-12,14-15,21-22,24-27,35H,1-2,9,13,16-20H2,3-6H3/t22?,24-,25+,26+,27?,31-,32?/m1/s1. The minimum Gasteiger partial charge on any atom is -0.465 e. The van der Waals surface area contributed by atoms with Crippen molar-refractivity contribution in [3.63, 3.8) is 0 Å². The molecule has 1 N–H and O–H groups in total. The highest BCUT2D eigenvalue weighted by atomic mass is 16.6. The molecule has 218 valence electrons. The van der Waals surface area contributed by atoms with E-state index in [-0.39, 0.29) is 37.0 Å². The molecule has 1 spiro atoms. The number of likely N-dealkylation sites (tertiary alicyclic amines) is 1. The van der Waals surface area contributed by atoms with Gasteiger partial charge < -0.3 is 24.4 Å². The third kappa shape index (κ3) is 4.90. The second-order valence-corrected chi connectivity index (χ2v) is 11.9. The molecule has 3 saturated heterocycles. The Bertz CT molecular complexity index is 1120. The summed E-state index contributed by atoms with van der Waals surface area (Å²) >= 11 is 0. The van der Waals surface area contributed by atoms with Crippen LogP contribution in [-0.2, 0) is 30.3 Å². The zero-order valence-corrected chi connectivity index (χ0v) is 24.3. The quantitative estimate of drug-likeness (QED) is 0.229. The van der Waals surface area contributed by atoms with Gasteiger partial charge in [0.05, 0.1) is 30.8 Å². The van der Waals surface area contributed by atoms with Crippen molar-refractivity contribution in [2.24, 2.45) is 17.8 Å². The first-order valence-electron chi connectivity index (χ1n) is 14.4. The van der Waals surface area contributed by atoms with Gasteiger partial charge in [-0.05, 0) is 57.9 Å². The van der Waals surface area contributed by atoms with E-state index in [9.17, 15) is 19.5 Å². The number of fused-ring (bicyclic) bond motifs is 1. The molecule has 0 saturated carbocycles. The summed E-state index contributed by atoms with van der Waals surface area (Å²) < 4.78 is 12.5. The first-order chi connectivity index (χ1) is 19.1. The molecule has 1 aromatic rings. The molecule has 8 nitrogen and oxygen atoms in total. The van der Waals surface area contributed by atoms with Gasteiger partial charge in [0.25, 0.3) is 0 Å². The number of carbonyl (C=O) groups excluding carboxylic acids is 3. The molecule has 3 aliphatic rings. The average Bonchev–Trinajstić information content (AvgIpc) is 3.45. The Hall–Kier alpha value is -2.97. The van der Waals surface area contributed by atoms with Gasteiger partial charge in [0.15, 0.2) is 0 Å². The Kier molecular flexibility index (Phi) is 8.90. The van der Waals surface area contributed by atoms with Gasteiger partial charge in [-0.3, -0.25) is 14.4 Å². The van der Waals surface area contributed by atoms with Crippen molar-refractivity contribution in [1.82, 2.24) is 9.80 Å². The van der Waals surface area contributed by atoms with Crippen molar-refractivity contribution in [3.8, 4) is 0 Å². The van der Waals surface area contributed by atoms with Gasteiger partial charge in [-0.15, -0.1) is 13.2 Å². The Labute approximate surface area is 238 Å². The van der Waals surface area contributed by atoms with Crippen LogP contribution in [-0.4, -0.2) is 81.8 Å². The molecular weight excluding hydrogens is 508 g/mol. The summed E-state index contributed by atoms with van der Waals surface area (Å²) in [6.07, 6.45) is 5.61. The summed E-state index contributed by atoms with van der Waals surface area (Å²) in [4.78, 5) is 45.8. The van der Waals surface area contributed by atoms with E-state index >= 15 is 0 Å². The van der Waals surface area contributed by atoms with Gasteiger partial charge in [-0.25, -0.2) is 0 Å². The van der Waals surface area contributed by atoms with Crippen molar-refractivity contribution < 1.29 is 29.0 Å². The lowest BCUT2D eigenvalue weighted by atomic mass is 9.62. The van der Waals surface area contributed by atoms with E-state index in [1.165, 1.54) is 4.90 Å². The largest absolute Gasteiger partial charge is 0.465 e. The average molecular weight is 553 g/mol. The summed E-state index contributed by atoms with van der Waals surface area (Å²) in [5, 5.41) is 10.6. The number of carbonyl (C=O) groups is 3. The number of benzene rings is 1. The molecule has 8 heteroatoms. The van der Waals surface area contributed by atoms with Crippen molar-refractivity contribution in [3.05, 3.63) is 61.2 Å². The third-order valence-electron chi connectivity index (χ3n) is 9.19. The SMILES string of the molecule is C=CCCCOC(=O)[C@@H]1[C@H]2C(=O)N([C@@H](CO)Cc3ccccc3)C(C(=O)N(CC=C)C(C)C)C23CC(C)[C@@]1(C)O3. The Balaban J connectivity index is 1.80. The van der Waals surface area contributed by atoms with E-state index in [4.69, 9.17) is 9.47 Å². The molecule has 40 heavy (non-hydrogen) atoms. The van der Waals surface area contributed by atoms with Gasteiger partial charge in [-0.1, -0.05) is 49.4 Å². The minimum atomic E-state index is -1.20. The maximum atomic E-state index is 14.5. The van der Waals surface area contributed by atoms with Crippen molar-refractivity contribution in [2.45, 2.75) is 82.7 Å². The molecule has 3 fully saturated rings. The number of ether oxygens (including phenoxy) is 2. The highest BCUT2D eigenvalue weighted by Gasteiger charge is 2.80. The molecule has 0 radical (unpaired) electrons. The molecule has 0 aliphatic carbocycles. The fourth-order valence-corrected chi connectivity index (χ4v) is 7.19. The number of aliphatic hydroxyl groups is 1. The van der Waals surface area contributed by atoms with Crippen LogP contribution in [0.5, 0.6) is 0 Å². The first kappa shape index (κ1) is 30.0. The Morgan fingerprint density at radius 1 is 1.25 bits per heavy atom. The number of hydrogen-bond acceptors (Lipinski definition) is 6. The van der Waals surface area contributed by atoms with Crippen LogP contribution in [0.2, 0.25) is 0 Å².